The lowest BCUT2D eigenvalue weighted by molar-refractivity contribution is -0.113. The van der Waals surface area contributed by atoms with Gasteiger partial charge in [-0.05, 0) is 29.0 Å². The van der Waals surface area contributed by atoms with Crippen molar-refractivity contribution in [3.63, 3.8) is 0 Å². The number of carbonyl (C=O) groups is 1. The smallest absolute Gasteiger partial charge is 0.268 e. The molecule has 2 aromatic carbocycles. The average molecular weight is 353 g/mol. The van der Waals surface area contributed by atoms with Crippen molar-refractivity contribution < 1.29 is 4.79 Å². The lowest BCUT2D eigenvalue weighted by Crippen LogP contribution is -2.27. The van der Waals surface area contributed by atoms with E-state index < -0.39 is 0 Å². The first kappa shape index (κ1) is 14.6. The van der Waals surface area contributed by atoms with Crippen molar-refractivity contribution >= 4 is 68.1 Å². The molecule has 0 radical (unpaired) electrons. The number of fused-ring (bicyclic) bond motifs is 1. The van der Waals surface area contributed by atoms with E-state index in [1.54, 1.807) is 16.2 Å². The number of rotatable bonds is 2. The summed E-state index contributed by atoms with van der Waals surface area (Å²) in [5.41, 5.74) is 0.847. The summed E-state index contributed by atoms with van der Waals surface area (Å²) in [7, 11) is 0. The predicted molar refractivity (Wildman–Crippen MR) is 104 cm³/mol. The van der Waals surface area contributed by atoms with Gasteiger partial charge in [-0.25, -0.2) is 0 Å². The number of thiophene rings is 1. The van der Waals surface area contributed by atoms with Gasteiger partial charge in [0, 0.05) is 10.3 Å². The SMILES string of the molecule is O=C1C(=Cc2cccs2)SC(=S)N1c1cccc2ccccc12. The first-order valence-electron chi connectivity index (χ1n) is 7.03. The van der Waals surface area contributed by atoms with E-state index in [-0.39, 0.29) is 5.91 Å². The van der Waals surface area contributed by atoms with E-state index in [0.29, 0.717) is 9.23 Å². The minimum Gasteiger partial charge on any atom is -0.268 e. The Labute approximate surface area is 147 Å². The van der Waals surface area contributed by atoms with Crippen molar-refractivity contribution in [1.82, 2.24) is 0 Å². The molecule has 112 valence electrons. The van der Waals surface area contributed by atoms with Crippen molar-refractivity contribution in [2.24, 2.45) is 0 Å². The van der Waals surface area contributed by atoms with Crippen molar-refractivity contribution in [2.75, 3.05) is 4.90 Å². The third-order valence-corrected chi connectivity index (χ3v) is 5.74. The van der Waals surface area contributed by atoms with Gasteiger partial charge in [-0.2, -0.15) is 0 Å². The summed E-state index contributed by atoms with van der Waals surface area (Å²) in [4.78, 5) is 16.2. The zero-order valence-corrected chi connectivity index (χ0v) is 14.4. The normalized spacial score (nSPS) is 16.7. The maximum atomic E-state index is 12.8. The predicted octanol–water partition coefficient (Wildman–Crippen LogP) is 5.31. The molecule has 0 atom stereocenters. The first-order valence-corrected chi connectivity index (χ1v) is 9.14. The molecule has 23 heavy (non-hydrogen) atoms. The van der Waals surface area contributed by atoms with Crippen LogP contribution in [-0.4, -0.2) is 10.2 Å². The molecule has 1 fully saturated rings. The highest BCUT2D eigenvalue weighted by Crippen LogP contribution is 2.39. The van der Waals surface area contributed by atoms with Gasteiger partial charge >= 0.3 is 0 Å². The molecule has 1 saturated heterocycles. The quantitative estimate of drug-likeness (QED) is 0.460. The Hall–Kier alpha value is -1.95. The maximum Gasteiger partial charge on any atom is 0.270 e. The lowest BCUT2D eigenvalue weighted by atomic mass is 10.1. The zero-order chi connectivity index (χ0) is 15.8. The van der Waals surface area contributed by atoms with Crippen LogP contribution in [0.15, 0.2) is 64.9 Å². The number of nitrogens with zero attached hydrogens (tertiary/aromatic N) is 1. The van der Waals surface area contributed by atoms with Gasteiger partial charge in [-0.1, -0.05) is 66.4 Å². The monoisotopic (exact) mass is 353 g/mol. The van der Waals surface area contributed by atoms with E-state index in [1.807, 2.05) is 66.1 Å². The second kappa shape index (κ2) is 5.92. The first-order chi connectivity index (χ1) is 11.2. The highest BCUT2D eigenvalue weighted by molar-refractivity contribution is 8.27. The topological polar surface area (TPSA) is 20.3 Å². The van der Waals surface area contributed by atoms with Crippen LogP contribution in [0.1, 0.15) is 4.88 Å². The number of thiocarbonyl (C=S) groups is 1. The second-order valence-electron chi connectivity index (χ2n) is 5.03. The third kappa shape index (κ3) is 2.61. The van der Waals surface area contributed by atoms with Crippen LogP contribution in [-0.2, 0) is 4.79 Å². The number of hydrogen-bond acceptors (Lipinski definition) is 4. The molecule has 1 amide bonds. The lowest BCUT2D eigenvalue weighted by Gasteiger charge is -2.17. The fraction of sp³-hybridized carbons (Fsp3) is 0. The molecule has 5 heteroatoms. The van der Waals surface area contributed by atoms with Crippen molar-refractivity contribution in [3.8, 4) is 0 Å². The van der Waals surface area contributed by atoms with Crippen LogP contribution in [0.2, 0.25) is 0 Å². The summed E-state index contributed by atoms with van der Waals surface area (Å²) in [5.74, 6) is -0.0512. The van der Waals surface area contributed by atoms with E-state index in [1.165, 1.54) is 11.8 Å². The van der Waals surface area contributed by atoms with Gasteiger partial charge in [0.05, 0.1) is 10.6 Å². The molecule has 2 heterocycles. The molecule has 4 rings (SSSR count). The van der Waals surface area contributed by atoms with Gasteiger partial charge in [-0.3, -0.25) is 9.69 Å². The highest BCUT2D eigenvalue weighted by atomic mass is 32.2. The van der Waals surface area contributed by atoms with Crippen molar-refractivity contribution in [3.05, 3.63) is 69.8 Å². The van der Waals surface area contributed by atoms with Crippen LogP contribution >= 0.6 is 35.3 Å². The summed E-state index contributed by atoms with van der Waals surface area (Å²) in [5, 5.41) is 4.13. The zero-order valence-electron chi connectivity index (χ0n) is 11.9. The van der Waals surface area contributed by atoms with Gasteiger partial charge in [0.15, 0.2) is 4.32 Å². The van der Waals surface area contributed by atoms with E-state index in [9.17, 15) is 4.79 Å². The van der Waals surface area contributed by atoms with Crippen LogP contribution in [0.4, 0.5) is 5.69 Å². The van der Waals surface area contributed by atoms with Crippen molar-refractivity contribution in [2.45, 2.75) is 0 Å². The van der Waals surface area contributed by atoms with Gasteiger partial charge in [0.1, 0.15) is 0 Å². The highest BCUT2D eigenvalue weighted by Gasteiger charge is 2.34. The summed E-state index contributed by atoms with van der Waals surface area (Å²) in [6, 6.07) is 17.9. The summed E-state index contributed by atoms with van der Waals surface area (Å²) in [6.07, 6.45) is 1.91. The number of carbonyl (C=O) groups excluding carboxylic acids is 1. The Morgan fingerprint density at radius 1 is 1.00 bits per heavy atom. The van der Waals surface area contributed by atoms with Gasteiger partial charge in [0.25, 0.3) is 5.91 Å². The minimum atomic E-state index is -0.0512. The standard InChI is InChI=1S/C18H11NOS3/c20-17-16(11-13-7-4-10-22-13)23-18(21)19(17)15-9-3-6-12-5-1-2-8-14(12)15/h1-11H. The molecule has 0 saturated carbocycles. The van der Waals surface area contributed by atoms with E-state index >= 15 is 0 Å². The molecule has 0 aliphatic carbocycles. The van der Waals surface area contributed by atoms with Gasteiger partial charge < -0.3 is 0 Å². The molecule has 1 aliphatic heterocycles. The summed E-state index contributed by atoms with van der Waals surface area (Å²) >= 11 is 8.43. The van der Waals surface area contributed by atoms with Gasteiger partial charge in [0.2, 0.25) is 0 Å². The molecule has 0 N–H and O–H groups in total. The number of anilines is 1. The van der Waals surface area contributed by atoms with Crippen LogP contribution in [0.3, 0.4) is 0 Å². The fourth-order valence-corrected chi connectivity index (χ4v) is 4.59. The molecule has 1 aromatic heterocycles. The van der Waals surface area contributed by atoms with E-state index in [4.69, 9.17) is 12.2 Å². The van der Waals surface area contributed by atoms with E-state index in [0.717, 1.165) is 21.3 Å². The summed E-state index contributed by atoms with van der Waals surface area (Å²) < 4.78 is 0.578. The van der Waals surface area contributed by atoms with Crippen molar-refractivity contribution in [1.29, 1.82) is 0 Å². The second-order valence-corrected chi connectivity index (χ2v) is 7.69. The Morgan fingerprint density at radius 3 is 2.65 bits per heavy atom. The number of thioether (sulfide) groups is 1. The molecule has 0 unspecified atom stereocenters. The average Bonchev–Trinajstić information content (AvgIpc) is 3.16. The maximum absolute atomic E-state index is 12.8. The number of hydrogen-bond donors (Lipinski definition) is 0. The third-order valence-electron chi connectivity index (χ3n) is 3.62. The van der Waals surface area contributed by atoms with Crippen LogP contribution < -0.4 is 4.90 Å². The number of amides is 1. The molecular formula is C18H11NOS3. The Kier molecular flexibility index (Phi) is 3.77. The van der Waals surface area contributed by atoms with Crippen LogP contribution in [0.5, 0.6) is 0 Å². The fourth-order valence-electron chi connectivity index (χ4n) is 2.58. The Balaban J connectivity index is 1.80. The van der Waals surface area contributed by atoms with Crippen LogP contribution in [0.25, 0.3) is 16.8 Å². The molecular weight excluding hydrogens is 342 g/mol. The summed E-state index contributed by atoms with van der Waals surface area (Å²) in [6.45, 7) is 0. The molecule has 1 aliphatic rings. The molecule has 2 nitrogen and oxygen atoms in total. The molecule has 0 bridgehead atoms. The molecule has 0 spiro atoms. The number of benzene rings is 2. The van der Waals surface area contributed by atoms with E-state index in [2.05, 4.69) is 0 Å². The minimum absolute atomic E-state index is 0.0512. The van der Waals surface area contributed by atoms with Crippen LogP contribution in [0, 0.1) is 0 Å². The Morgan fingerprint density at radius 2 is 1.83 bits per heavy atom. The molecule has 3 aromatic rings. The Bertz CT molecular complexity index is 939. The largest absolute Gasteiger partial charge is 0.270 e. The van der Waals surface area contributed by atoms with Gasteiger partial charge in [-0.15, -0.1) is 11.3 Å².